The van der Waals surface area contributed by atoms with Gasteiger partial charge in [0.15, 0.2) is 5.96 Å². The Morgan fingerprint density at radius 2 is 1.87 bits per heavy atom. The van der Waals surface area contributed by atoms with Crippen molar-refractivity contribution in [2.45, 2.75) is 25.8 Å². The van der Waals surface area contributed by atoms with Crippen LogP contribution in [0.4, 0.5) is 0 Å². The van der Waals surface area contributed by atoms with Gasteiger partial charge in [-0.05, 0) is 44.0 Å². The van der Waals surface area contributed by atoms with Gasteiger partial charge in [-0.25, -0.2) is 4.98 Å². The molecule has 1 atom stereocenters. The summed E-state index contributed by atoms with van der Waals surface area (Å²) >= 11 is 0. The molecule has 0 aliphatic rings. The number of hydrogen-bond acceptors (Lipinski definition) is 4. The van der Waals surface area contributed by atoms with Crippen LogP contribution < -0.4 is 10.1 Å². The molecular weight excluding hydrogens is 378 g/mol. The maximum atomic E-state index is 12.5. The number of hydrogen-bond donors (Lipinski definition) is 3. The van der Waals surface area contributed by atoms with Gasteiger partial charge in [-0.1, -0.05) is 36.4 Å². The fourth-order valence-electron chi connectivity index (χ4n) is 3.08. The Morgan fingerprint density at radius 3 is 2.53 bits per heavy atom. The molecule has 1 amide bonds. The lowest BCUT2D eigenvalue weighted by Gasteiger charge is -2.31. The number of para-hydroxylation sites is 1. The number of carbonyl (C=O) groups is 1. The van der Waals surface area contributed by atoms with E-state index in [0.29, 0.717) is 18.7 Å². The van der Waals surface area contributed by atoms with E-state index in [4.69, 9.17) is 10.1 Å². The normalized spacial score (nSPS) is 11.5. The van der Waals surface area contributed by atoms with Crippen LogP contribution in [0, 0.1) is 5.41 Å². The fraction of sp³-hybridized carbons (Fsp3) is 0.261. The molecule has 0 saturated carbocycles. The zero-order chi connectivity index (χ0) is 21.2. The first-order chi connectivity index (χ1) is 14.6. The van der Waals surface area contributed by atoms with Crippen LogP contribution in [-0.4, -0.2) is 45.9 Å². The van der Waals surface area contributed by atoms with Crippen LogP contribution in [0.1, 0.15) is 29.4 Å². The summed E-state index contributed by atoms with van der Waals surface area (Å²) in [6.45, 7) is 2.99. The molecule has 0 bridgehead atoms. The number of H-pyrrole nitrogens is 1. The highest BCUT2D eigenvalue weighted by atomic mass is 16.5. The number of nitrogens with one attached hydrogen (secondary N) is 3. The van der Waals surface area contributed by atoms with E-state index in [9.17, 15) is 4.79 Å². The van der Waals surface area contributed by atoms with E-state index in [0.717, 1.165) is 24.3 Å². The molecule has 7 nitrogen and oxygen atoms in total. The molecule has 1 unspecified atom stereocenters. The number of aromatic amines is 1. The maximum Gasteiger partial charge on any atom is 0.257 e. The third kappa shape index (κ3) is 6.20. The number of aryl methyl sites for hydroxylation is 1. The molecule has 2 aromatic carbocycles. The number of nitrogens with zero attached hydrogens (tertiary/aromatic N) is 2. The molecule has 30 heavy (non-hydrogen) atoms. The summed E-state index contributed by atoms with van der Waals surface area (Å²) < 4.78 is 5.87. The zero-order valence-electron chi connectivity index (χ0n) is 17.0. The fourth-order valence-corrected chi connectivity index (χ4v) is 3.08. The summed E-state index contributed by atoms with van der Waals surface area (Å²) in [7, 11) is 0. The molecule has 0 fully saturated rings. The van der Waals surface area contributed by atoms with Crippen LogP contribution in [-0.2, 0) is 6.42 Å². The van der Waals surface area contributed by atoms with Crippen molar-refractivity contribution in [1.82, 2.24) is 20.2 Å². The van der Waals surface area contributed by atoms with Crippen LogP contribution in [0.5, 0.6) is 5.75 Å². The summed E-state index contributed by atoms with van der Waals surface area (Å²) in [6, 6.07) is 18.4. The molecule has 3 aromatic rings. The molecular formula is C23H27N5O2. The number of aromatic nitrogens is 2. The van der Waals surface area contributed by atoms with Gasteiger partial charge in [-0.15, -0.1) is 0 Å². The topological polar surface area (TPSA) is 94.1 Å². The molecule has 0 radical (unpaired) electrons. The first-order valence-electron chi connectivity index (χ1n) is 10.00. The lowest BCUT2D eigenvalue weighted by atomic mass is 10.2. The Balaban J connectivity index is 1.62. The summed E-state index contributed by atoms with van der Waals surface area (Å²) in [5, 5.41) is 11.2. The van der Waals surface area contributed by atoms with Gasteiger partial charge in [0, 0.05) is 24.0 Å². The Hall–Kier alpha value is -3.61. The SMILES string of the molecule is CC(COc1ccccc1)N(CCCc1cnc[nH]1)C(=N)NC(=O)c1ccccc1. The van der Waals surface area contributed by atoms with Crippen LogP contribution in [0.15, 0.2) is 73.2 Å². The first kappa shape index (κ1) is 21.1. The molecule has 156 valence electrons. The second-order valence-corrected chi connectivity index (χ2v) is 7.02. The molecule has 1 heterocycles. The van der Waals surface area contributed by atoms with Crippen LogP contribution in [0.2, 0.25) is 0 Å². The third-order valence-electron chi connectivity index (χ3n) is 4.72. The molecule has 1 aromatic heterocycles. The second-order valence-electron chi connectivity index (χ2n) is 7.02. The van der Waals surface area contributed by atoms with Gasteiger partial charge in [-0.3, -0.25) is 15.5 Å². The van der Waals surface area contributed by atoms with Gasteiger partial charge in [0.2, 0.25) is 0 Å². The van der Waals surface area contributed by atoms with Crippen LogP contribution >= 0.6 is 0 Å². The van der Waals surface area contributed by atoms with Crippen molar-refractivity contribution in [3.63, 3.8) is 0 Å². The van der Waals surface area contributed by atoms with Crippen molar-refractivity contribution in [3.8, 4) is 5.75 Å². The third-order valence-corrected chi connectivity index (χ3v) is 4.72. The molecule has 0 spiro atoms. The van der Waals surface area contributed by atoms with Gasteiger partial charge in [0.1, 0.15) is 12.4 Å². The quantitative estimate of drug-likeness (QED) is 0.375. The van der Waals surface area contributed by atoms with Gasteiger partial charge in [0.25, 0.3) is 5.91 Å². The van der Waals surface area contributed by atoms with E-state index >= 15 is 0 Å². The second kappa shape index (κ2) is 10.8. The lowest BCUT2D eigenvalue weighted by Crippen LogP contribution is -2.50. The minimum atomic E-state index is -0.296. The van der Waals surface area contributed by atoms with E-state index in [-0.39, 0.29) is 17.9 Å². The predicted octanol–water partition coefficient (Wildman–Crippen LogP) is 3.48. The number of carbonyl (C=O) groups excluding carboxylic acids is 1. The minimum absolute atomic E-state index is 0.0672. The molecule has 0 saturated heterocycles. The summed E-state index contributed by atoms with van der Waals surface area (Å²) in [5.41, 5.74) is 1.57. The Bertz CT molecular complexity index is 913. The van der Waals surface area contributed by atoms with Crippen molar-refractivity contribution in [1.29, 1.82) is 5.41 Å². The Morgan fingerprint density at radius 1 is 1.17 bits per heavy atom. The van der Waals surface area contributed by atoms with Gasteiger partial charge in [-0.2, -0.15) is 0 Å². The van der Waals surface area contributed by atoms with Crippen LogP contribution in [0.25, 0.3) is 0 Å². The van der Waals surface area contributed by atoms with Crippen molar-refractivity contribution in [3.05, 3.63) is 84.4 Å². The van der Waals surface area contributed by atoms with Crippen molar-refractivity contribution in [2.75, 3.05) is 13.2 Å². The molecule has 0 aliphatic heterocycles. The number of imidazole rings is 1. The molecule has 3 rings (SSSR count). The van der Waals surface area contributed by atoms with Crippen molar-refractivity contribution in [2.24, 2.45) is 0 Å². The number of guanidine groups is 1. The summed E-state index contributed by atoms with van der Waals surface area (Å²) in [5.74, 6) is 0.551. The van der Waals surface area contributed by atoms with E-state index in [1.54, 1.807) is 36.8 Å². The Kier molecular flexibility index (Phi) is 7.60. The standard InChI is InChI=1S/C23H27N5O2/c1-18(16-30-21-12-6-3-7-13-21)28(14-8-11-20-15-25-17-26-20)23(24)27-22(29)19-9-4-2-5-10-19/h2-7,9-10,12-13,15,17-18H,8,11,14,16H2,1H3,(H,25,26)(H2,24,27,29). The highest BCUT2D eigenvalue weighted by Gasteiger charge is 2.20. The van der Waals surface area contributed by atoms with Gasteiger partial charge >= 0.3 is 0 Å². The zero-order valence-corrected chi connectivity index (χ0v) is 17.0. The van der Waals surface area contributed by atoms with Crippen molar-refractivity contribution >= 4 is 11.9 Å². The minimum Gasteiger partial charge on any atom is -0.491 e. The van der Waals surface area contributed by atoms with Crippen LogP contribution in [0.3, 0.4) is 0 Å². The molecule has 7 heteroatoms. The van der Waals surface area contributed by atoms with E-state index in [2.05, 4.69) is 15.3 Å². The average molecular weight is 406 g/mol. The van der Waals surface area contributed by atoms with E-state index in [1.165, 1.54) is 0 Å². The highest BCUT2D eigenvalue weighted by Crippen LogP contribution is 2.11. The summed E-state index contributed by atoms with van der Waals surface area (Å²) in [4.78, 5) is 21.5. The molecule has 0 aliphatic carbocycles. The Labute approximate surface area is 176 Å². The average Bonchev–Trinajstić information content (AvgIpc) is 3.30. The first-order valence-corrected chi connectivity index (χ1v) is 10.00. The number of rotatable bonds is 9. The highest BCUT2D eigenvalue weighted by molar-refractivity contribution is 6.04. The van der Waals surface area contributed by atoms with Crippen molar-refractivity contribution < 1.29 is 9.53 Å². The molecule has 3 N–H and O–H groups in total. The smallest absolute Gasteiger partial charge is 0.257 e. The van der Waals surface area contributed by atoms with Gasteiger partial charge < -0.3 is 14.6 Å². The number of benzene rings is 2. The maximum absolute atomic E-state index is 12.5. The largest absolute Gasteiger partial charge is 0.491 e. The number of amides is 1. The summed E-state index contributed by atoms with van der Waals surface area (Å²) in [6.07, 6.45) is 5.07. The lowest BCUT2D eigenvalue weighted by molar-refractivity contribution is 0.0967. The van der Waals surface area contributed by atoms with Gasteiger partial charge in [0.05, 0.1) is 12.4 Å². The monoisotopic (exact) mass is 405 g/mol. The predicted molar refractivity (Wildman–Crippen MR) is 117 cm³/mol. The van der Waals surface area contributed by atoms with E-state index in [1.807, 2.05) is 48.2 Å². The van der Waals surface area contributed by atoms with E-state index < -0.39 is 0 Å². The number of ether oxygens (including phenoxy) is 1.